The molecule has 2 aromatic carbocycles. The Hall–Kier alpha value is -2.30. The smallest absolute Gasteiger partial charge is 0.307 e. The number of rotatable bonds is 2. The molecule has 1 atom stereocenters. The van der Waals surface area contributed by atoms with Gasteiger partial charge in [0.1, 0.15) is 5.76 Å². The summed E-state index contributed by atoms with van der Waals surface area (Å²) in [6.07, 6.45) is 2.05. The number of aromatic nitrogens is 1. The Kier molecular flexibility index (Phi) is 3.56. The molecule has 1 aromatic heterocycles. The number of allylic oxidation sites excluding steroid dienone is 1. The molecule has 5 heteroatoms. The molecule has 0 saturated carbocycles. The summed E-state index contributed by atoms with van der Waals surface area (Å²) in [5.74, 6) is 1.24. The van der Waals surface area contributed by atoms with Crippen LogP contribution in [0, 0.1) is 0 Å². The van der Waals surface area contributed by atoms with Crippen LogP contribution in [0.2, 0.25) is 5.02 Å². The van der Waals surface area contributed by atoms with E-state index in [1.807, 2.05) is 48.5 Å². The van der Waals surface area contributed by atoms with E-state index in [-0.39, 0.29) is 10.8 Å². The number of nitrogens with one attached hydrogen (secondary N) is 1. The average molecular weight is 342 g/mol. The SMILES string of the molecule is O=c1[nH]c2c(s1)C(c1ccccc1)C=C(c1ccc(Cl)cc1)O2. The number of hydrogen-bond donors (Lipinski definition) is 1. The highest BCUT2D eigenvalue weighted by atomic mass is 35.5. The van der Waals surface area contributed by atoms with E-state index in [4.69, 9.17) is 16.3 Å². The first kappa shape index (κ1) is 14.3. The fourth-order valence-electron chi connectivity index (χ4n) is 2.65. The molecule has 0 aliphatic carbocycles. The molecule has 0 bridgehead atoms. The number of thiazole rings is 1. The molecule has 0 saturated heterocycles. The van der Waals surface area contributed by atoms with Gasteiger partial charge in [0.15, 0.2) is 0 Å². The monoisotopic (exact) mass is 341 g/mol. The van der Waals surface area contributed by atoms with Crippen LogP contribution < -0.4 is 9.61 Å². The van der Waals surface area contributed by atoms with Crippen molar-refractivity contribution in [2.45, 2.75) is 5.92 Å². The van der Waals surface area contributed by atoms with E-state index in [0.29, 0.717) is 10.9 Å². The van der Waals surface area contributed by atoms with Crippen LogP contribution in [0.25, 0.3) is 5.76 Å². The number of hydrogen-bond acceptors (Lipinski definition) is 3. The predicted molar refractivity (Wildman–Crippen MR) is 93.3 cm³/mol. The van der Waals surface area contributed by atoms with Gasteiger partial charge in [0.25, 0.3) is 0 Å². The lowest BCUT2D eigenvalue weighted by Gasteiger charge is -2.21. The lowest BCUT2D eigenvalue weighted by Crippen LogP contribution is -2.08. The molecule has 1 N–H and O–H groups in total. The minimum atomic E-state index is -0.110. The van der Waals surface area contributed by atoms with E-state index in [1.165, 1.54) is 11.3 Å². The maximum absolute atomic E-state index is 11.8. The van der Waals surface area contributed by atoms with Crippen molar-refractivity contribution in [1.82, 2.24) is 4.98 Å². The van der Waals surface area contributed by atoms with E-state index in [9.17, 15) is 4.79 Å². The first-order valence-electron chi connectivity index (χ1n) is 7.14. The van der Waals surface area contributed by atoms with Gasteiger partial charge >= 0.3 is 4.87 Å². The fraction of sp³-hybridized carbons (Fsp3) is 0.0556. The summed E-state index contributed by atoms with van der Waals surface area (Å²) in [6.45, 7) is 0. The molecule has 4 rings (SSSR count). The number of fused-ring (bicyclic) bond motifs is 1. The molecule has 3 nitrogen and oxygen atoms in total. The van der Waals surface area contributed by atoms with Gasteiger partial charge in [0, 0.05) is 16.5 Å². The summed E-state index contributed by atoms with van der Waals surface area (Å²) in [4.78, 5) is 15.3. The highest BCUT2D eigenvalue weighted by Crippen LogP contribution is 2.41. The molecule has 114 valence electrons. The molecular formula is C18H12ClNO2S. The Labute approximate surface area is 141 Å². The van der Waals surface area contributed by atoms with Crippen LogP contribution in [0.3, 0.4) is 0 Å². The first-order chi connectivity index (χ1) is 11.2. The van der Waals surface area contributed by atoms with Crippen LogP contribution in [0.4, 0.5) is 0 Å². The van der Waals surface area contributed by atoms with Crippen molar-refractivity contribution < 1.29 is 4.74 Å². The third-order valence-electron chi connectivity index (χ3n) is 3.74. The quantitative estimate of drug-likeness (QED) is 0.736. The second-order valence-corrected chi connectivity index (χ2v) is 6.69. The Morgan fingerprint density at radius 1 is 1.04 bits per heavy atom. The lowest BCUT2D eigenvalue weighted by atomic mass is 9.94. The topological polar surface area (TPSA) is 42.1 Å². The number of ether oxygens (including phenoxy) is 1. The zero-order valence-electron chi connectivity index (χ0n) is 12.0. The minimum absolute atomic E-state index is 0.00502. The van der Waals surface area contributed by atoms with Gasteiger partial charge in [-0.1, -0.05) is 53.3 Å². The highest BCUT2D eigenvalue weighted by molar-refractivity contribution is 7.09. The first-order valence-corrected chi connectivity index (χ1v) is 8.34. The maximum Gasteiger partial charge on any atom is 0.307 e. The molecule has 0 fully saturated rings. The molecular weight excluding hydrogens is 330 g/mol. The van der Waals surface area contributed by atoms with Crippen LogP contribution in [-0.2, 0) is 0 Å². The van der Waals surface area contributed by atoms with E-state index in [1.54, 1.807) is 0 Å². The van der Waals surface area contributed by atoms with Crippen LogP contribution >= 0.6 is 22.9 Å². The maximum atomic E-state index is 11.8. The summed E-state index contributed by atoms with van der Waals surface area (Å²) in [5.41, 5.74) is 2.05. The molecule has 0 spiro atoms. The zero-order valence-corrected chi connectivity index (χ0v) is 13.5. The summed E-state index contributed by atoms with van der Waals surface area (Å²) in [7, 11) is 0. The summed E-state index contributed by atoms with van der Waals surface area (Å²) in [6, 6.07) is 17.5. The van der Waals surface area contributed by atoms with Crippen molar-refractivity contribution >= 4 is 28.7 Å². The normalized spacial score (nSPS) is 16.4. The number of halogens is 1. The standard InChI is InChI=1S/C18H12ClNO2S/c19-13-8-6-12(7-9-13)15-10-14(11-4-2-1-3-5-11)16-17(22-15)20-18(21)23-16/h1-10,14H,(H,20,21). The Balaban J connectivity index is 1.84. The van der Waals surface area contributed by atoms with Gasteiger partial charge in [-0.2, -0.15) is 0 Å². The van der Waals surface area contributed by atoms with Crippen molar-refractivity contribution in [3.05, 3.63) is 91.4 Å². The fourth-order valence-corrected chi connectivity index (χ4v) is 3.64. The largest absolute Gasteiger partial charge is 0.439 e. The van der Waals surface area contributed by atoms with Crippen molar-refractivity contribution in [1.29, 1.82) is 0 Å². The van der Waals surface area contributed by atoms with Crippen molar-refractivity contribution in [2.75, 3.05) is 0 Å². The number of H-pyrrole nitrogens is 1. The molecule has 1 aliphatic rings. The van der Waals surface area contributed by atoms with Gasteiger partial charge in [-0.05, 0) is 35.9 Å². The van der Waals surface area contributed by atoms with E-state index < -0.39 is 0 Å². The van der Waals surface area contributed by atoms with Crippen LogP contribution in [0.1, 0.15) is 21.9 Å². The van der Waals surface area contributed by atoms with Crippen LogP contribution in [0.5, 0.6) is 5.88 Å². The second-order valence-electron chi connectivity index (χ2n) is 5.24. The van der Waals surface area contributed by atoms with Crippen LogP contribution in [-0.4, -0.2) is 4.98 Å². The van der Waals surface area contributed by atoms with Crippen molar-refractivity contribution in [2.24, 2.45) is 0 Å². The van der Waals surface area contributed by atoms with Gasteiger partial charge in [-0.15, -0.1) is 0 Å². The zero-order chi connectivity index (χ0) is 15.8. The molecule has 2 heterocycles. The average Bonchev–Trinajstić information content (AvgIpc) is 2.95. The molecule has 1 aliphatic heterocycles. The van der Waals surface area contributed by atoms with E-state index >= 15 is 0 Å². The van der Waals surface area contributed by atoms with E-state index in [2.05, 4.69) is 17.1 Å². The predicted octanol–water partition coefficient (Wildman–Crippen LogP) is 4.66. The van der Waals surface area contributed by atoms with Crippen molar-refractivity contribution in [3.8, 4) is 5.88 Å². The molecule has 0 amide bonds. The summed E-state index contributed by atoms with van der Waals surface area (Å²) in [5, 5.41) is 0.675. The second kappa shape index (κ2) is 5.72. The Morgan fingerprint density at radius 2 is 1.78 bits per heavy atom. The molecule has 3 aromatic rings. The summed E-state index contributed by atoms with van der Waals surface area (Å²) < 4.78 is 5.90. The minimum Gasteiger partial charge on any atom is -0.439 e. The van der Waals surface area contributed by atoms with Gasteiger partial charge in [0.2, 0.25) is 5.88 Å². The van der Waals surface area contributed by atoms with Crippen LogP contribution in [0.15, 0.2) is 65.5 Å². The number of benzene rings is 2. The van der Waals surface area contributed by atoms with Crippen molar-refractivity contribution in [3.63, 3.8) is 0 Å². The molecule has 0 radical (unpaired) electrons. The highest BCUT2D eigenvalue weighted by Gasteiger charge is 2.27. The Bertz CT molecular complexity index is 926. The van der Waals surface area contributed by atoms with Gasteiger partial charge in [-0.3, -0.25) is 9.78 Å². The molecule has 23 heavy (non-hydrogen) atoms. The third kappa shape index (κ3) is 2.71. The van der Waals surface area contributed by atoms with Gasteiger partial charge < -0.3 is 4.74 Å². The lowest BCUT2D eigenvalue weighted by molar-refractivity contribution is 0.476. The Morgan fingerprint density at radius 3 is 2.52 bits per heavy atom. The van der Waals surface area contributed by atoms with Gasteiger partial charge in [0.05, 0.1) is 4.88 Å². The summed E-state index contributed by atoms with van der Waals surface area (Å²) >= 11 is 7.14. The van der Waals surface area contributed by atoms with Gasteiger partial charge in [-0.25, -0.2) is 0 Å². The number of aromatic amines is 1. The van der Waals surface area contributed by atoms with E-state index in [0.717, 1.165) is 21.8 Å². The molecule has 1 unspecified atom stereocenters. The third-order valence-corrected chi connectivity index (χ3v) is 4.94.